The van der Waals surface area contributed by atoms with E-state index >= 15 is 0 Å². The minimum atomic E-state index is -0.836. The lowest BCUT2D eigenvalue weighted by Gasteiger charge is -2.39. The lowest BCUT2D eigenvalue weighted by Crippen LogP contribution is -2.56. The smallest absolute Gasteiger partial charge is 0.295 e. The zero-order valence-electron chi connectivity index (χ0n) is 19.1. The molecule has 35 heavy (non-hydrogen) atoms. The number of pyridine rings is 1. The van der Waals surface area contributed by atoms with Gasteiger partial charge < -0.3 is 14.8 Å². The molecule has 1 saturated heterocycles. The molecule has 0 aliphatic carbocycles. The standard InChI is InChI=1S/C24H22FN7O3/c1-14-12-30(8-9-31(14)23(34)16-6-4-3-5-7-16)24(35)21(33)17-10-26-20-19(17)18(25)11-27-22(20)32-13-28-15(2)29-32/h3-7,10-11,13-14,26H,8-9,12H2,1-2H3. The predicted molar refractivity (Wildman–Crippen MR) is 124 cm³/mol. The zero-order chi connectivity index (χ0) is 24.7. The van der Waals surface area contributed by atoms with Crippen LogP contribution in [0.25, 0.3) is 16.7 Å². The number of amides is 2. The summed E-state index contributed by atoms with van der Waals surface area (Å²) in [7, 11) is 0. The average molecular weight is 475 g/mol. The van der Waals surface area contributed by atoms with Gasteiger partial charge in [0.2, 0.25) is 0 Å². The van der Waals surface area contributed by atoms with E-state index in [1.165, 1.54) is 22.1 Å². The number of halogens is 1. The molecule has 4 heterocycles. The topological polar surface area (TPSA) is 117 Å². The molecular weight excluding hydrogens is 453 g/mol. The quantitative estimate of drug-likeness (QED) is 0.357. The third-order valence-electron chi connectivity index (χ3n) is 6.10. The van der Waals surface area contributed by atoms with Crippen molar-refractivity contribution in [2.45, 2.75) is 19.9 Å². The second kappa shape index (κ2) is 8.75. The van der Waals surface area contributed by atoms with Gasteiger partial charge in [0.25, 0.3) is 17.6 Å². The molecule has 1 N–H and O–H groups in total. The van der Waals surface area contributed by atoms with E-state index in [0.29, 0.717) is 11.4 Å². The number of ketones is 1. The van der Waals surface area contributed by atoms with Crippen molar-refractivity contribution < 1.29 is 18.8 Å². The number of H-pyrrole nitrogens is 1. The minimum absolute atomic E-state index is 0.0348. The van der Waals surface area contributed by atoms with Crippen molar-refractivity contribution in [1.29, 1.82) is 0 Å². The fraction of sp³-hybridized carbons (Fsp3) is 0.250. The SMILES string of the molecule is Cc1ncn(-c2ncc(F)c3c(C(=O)C(=O)N4CCN(C(=O)c5ccccc5)C(C)C4)c[nH]c23)n1. The first-order chi connectivity index (χ1) is 16.8. The summed E-state index contributed by atoms with van der Waals surface area (Å²) in [5.74, 6) is -1.68. The normalized spacial score (nSPS) is 16.0. The van der Waals surface area contributed by atoms with Crippen molar-refractivity contribution in [1.82, 2.24) is 34.5 Å². The van der Waals surface area contributed by atoms with Gasteiger partial charge in [-0.25, -0.2) is 19.0 Å². The lowest BCUT2D eigenvalue weighted by atomic mass is 10.1. The van der Waals surface area contributed by atoms with Gasteiger partial charge >= 0.3 is 0 Å². The monoisotopic (exact) mass is 475 g/mol. The first-order valence-corrected chi connectivity index (χ1v) is 11.1. The van der Waals surface area contributed by atoms with E-state index in [1.807, 2.05) is 13.0 Å². The molecule has 1 fully saturated rings. The highest BCUT2D eigenvalue weighted by Crippen LogP contribution is 2.26. The van der Waals surface area contributed by atoms with Gasteiger partial charge in [-0.15, -0.1) is 0 Å². The molecule has 10 nitrogen and oxygen atoms in total. The van der Waals surface area contributed by atoms with Crippen LogP contribution >= 0.6 is 0 Å². The van der Waals surface area contributed by atoms with Crippen molar-refractivity contribution >= 4 is 28.5 Å². The van der Waals surface area contributed by atoms with Gasteiger partial charge in [0.05, 0.1) is 22.7 Å². The maximum atomic E-state index is 14.8. The number of rotatable bonds is 4. The third kappa shape index (κ3) is 3.94. The number of benzene rings is 1. The highest BCUT2D eigenvalue weighted by molar-refractivity contribution is 6.45. The Bertz CT molecular complexity index is 1450. The Morgan fingerprint density at radius 2 is 1.89 bits per heavy atom. The molecule has 1 unspecified atom stereocenters. The summed E-state index contributed by atoms with van der Waals surface area (Å²) in [6, 6.07) is 8.61. The molecule has 0 radical (unpaired) electrons. The van der Waals surface area contributed by atoms with Gasteiger partial charge in [-0.1, -0.05) is 18.2 Å². The summed E-state index contributed by atoms with van der Waals surface area (Å²) in [5, 5.41) is 4.15. The number of aromatic nitrogens is 5. The maximum absolute atomic E-state index is 14.8. The van der Waals surface area contributed by atoms with E-state index < -0.39 is 17.5 Å². The van der Waals surface area contributed by atoms with Gasteiger partial charge in [-0.3, -0.25) is 14.4 Å². The molecule has 1 aliphatic rings. The zero-order valence-corrected chi connectivity index (χ0v) is 19.1. The van der Waals surface area contributed by atoms with Crippen molar-refractivity contribution in [3.8, 4) is 5.82 Å². The fourth-order valence-electron chi connectivity index (χ4n) is 4.34. The number of aromatic amines is 1. The average Bonchev–Trinajstić information content (AvgIpc) is 3.51. The van der Waals surface area contributed by atoms with Crippen LogP contribution in [0.15, 0.2) is 49.1 Å². The van der Waals surface area contributed by atoms with E-state index in [2.05, 4.69) is 20.1 Å². The fourth-order valence-corrected chi connectivity index (χ4v) is 4.34. The number of nitrogens with zero attached hydrogens (tertiary/aromatic N) is 6. The van der Waals surface area contributed by atoms with Gasteiger partial charge in [-0.2, -0.15) is 5.10 Å². The van der Waals surface area contributed by atoms with Crippen molar-refractivity contribution in [3.63, 3.8) is 0 Å². The lowest BCUT2D eigenvalue weighted by molar-refractivity contribution is -0.128. The molecule has 178 valence electrons. The second-order valence-corrected chi connectivity index (χ2v) is 8.41. The van der Waals surface area contributed by atoms with Gasteiger partial charge in [-0.05, 0) is 26.0 Å². The maximum Gasteiger partial charge on any atom is 0.295 e. The van der Waals surface area contributed by atoms with Crippen molar-refractivity contribution in [3.05, 3.63) is 71.8 Å². The molecular formula is C24H22FN7O3. The molecule has 1 aromatic carbocycles. The molecule has 0 bridgehead atoms. The number of carbonyl (C=O) groups is 3. The third-order valence-corrected chi connectivity index (χ3v) is 6.10. The summed E-state index contributed by atoms with van der Waals surface area (Å²) in [5.41, 5.74) is 0.715. The highest BCUT2D eigenvalue weighted by Gasteiger charge is 2.34. The summed E-state index contributed by atoms with van der Waals surface area (Å²) in [6.07, 6.45) is 3.72. The Morgan fingerprint density at radius 3 is 2.57 bits per heavy atom. The molecule has 5 rings (SSSR count). The van der Waals surface area contributed by atoms with Crippen LogP contribution in [-0.2, 0) is 4.79 Å². The molecule has 1 aliphatic heterocycles. The van der Waals surface area contributed by atoms with Crippen molar-refractivity contribution in [2.24, 2.45) is 0 Å². The van der Waals surface area contributed by atoms with E-state index in [4.69, 9.17) is 0 Å². The molecule has 4 aromatic rings. The van der Waals surface area contributed by atoms with Crippen LogP contribution in [0.5, 0.6) is 0 Å². The number of piperazine rings is 1. The highest BCUT2D eigenvalue weighted by atomic mass is 19.1. The molecule has 1 atom stereocenters. The molecule has 0 spiro atoms. The summed E-state index contributed by atoms with van der Waals surface area (Å²) >= 11 is 0. The summed E-state index contributed by atoms with van der Waals surface area (Å²) in [4.78, 5) is 53.1. The van der Waals surface area contributed by atoms with Crippen LogP contribution in [-0.4, -0.2) is 77.8 Å². The van der Waals surface area contributed by atoms with Crippen LogP contribution in [0, 0.1) is 12.7 Å². The second-order valence-electron chi connectivity index (χ2n) is 8.41. The van der Waals surface area contributed by atoms with Crippen LogP contribution in [0.4, 0.5) is 4.39 Å². The predicted octanol–water partition coefficient (Wildman–Crippen LogP) is 2.15. The van der Waals surface area contributed by atoms with Crippen LogP contribution in [0.1, 0.15) is 33.5 Å². The van der Waals surface area contributed by atoms with Crippen molar-refractivity contribution in [2.75, 3.05) is 19.6 Å². The molecule has 0 saturated carbocycles. The number of carbonyl (C=O) groups excluding carboxylic acids is 3. The molecule has 3 aromatic heterocycles. The summed E-state index contributed by atoms with van der Waals surface area (Å²) < 4.78 is 16.1. The Balaban J connectivity index is 1.37. The van der Waals surface area contributed by atoms with E-state index in [1.54, 1.807) is 36.1 Å². The Kier molecular flexibility index (Phi) is 5.59. The van der Waals surface area contributed by atoms with Gasteiger partial charge in [0.15, 0.2) is 11.6 Å². The molecule has 11 heteroatoms. The first kappa shape index (κ1) is 22.4. The van der Waals surface area contributed by atoms with Crippen LogP contribution < -0.4 is 0 Å². The number of hydrogen-bond donors (Lipinski definition) is 1. The molecule has 2 amide bonds. The van der Waals surface area contributed by atoms with E-state index in [0.717, 1.165) is 6.20 Å². The van der Waals surface area contributed by atoms with E-state index in [9.17, 15) is 18.8 Å². The van der Waals surface area contributed by atoms with Crippen LogP contribution in [0.3, 0.4) is 0 Å². The number of fused-ring (bicyclic) bond motifs is 1. The number of aryl methyl sites for hydroxylation is 1. The van der Waals surface area contributed by atoms with E-state index in [-0.39, 0.29) is 53.9 Å². The Hall–Kier alpha value is -4.41. The largest absolute Gasteiger partial charge is 0.357 e. The van der Waals surface area contributed by atoms with Gasteiger partial charge in [0.1, 0.15) is 12.2 Å². The minimum Gasteiger partial charge on any atom is -0.357 e. The number of Topliss-reactive ketones (excluding diaryl/α,β-unsaturated/α-hetero) is 1. The summed E-state index contributed by atoms with van der Waals surface area (Å²) in [6.45, 7) is 4.21. The first-order valence-electron chi connectivity index (χ1n) is 11.1. The number of hydrogen-bond acceptors (Lipinski definition) is 6. The Morgan fingerprint density at radius 1 is 1.11 bits per heavy atom. The Labute approximate surface area is 199 Å². The number of nitrogens with one attached hydrogen (secondary N) is 1. The van der Waals surface area contributed by atoms with Gasteiger partial charge in [0, 0.05) is 37.4 Å². The van der Waals surface area contributed by atoms with Crippen LogP contribution in [0.2, 0.25) is 0 Å².